The summed E-state index contributed by atoms with van der Waals surface area (Å²) < 4.78 is 10.6. The van der Waals surface area contributed by atoms with Crippen molar-refractivity contribution in [3.05, 3.63) is 65.9 Å². The number of nitrogens with two attached hydrogens (primary N) is 1. The molecule has 0 aliphatic heterocycles. The number of carbonyl (C=O) groups is 2. The second-order valence-electron chi connectivity index (χ2n) is 5.61. The van der Waals surface area contributed by atoms with Crippen LogP contribution in [0.5, 0.6) is 5.75 Å². The van der Waals surface area contributed by atoms with Crippen LogP contribution in [0.3, 0.4) is 0 Å². The number of amides is 2. The van der Waals surface area contributed by atoms with Crippen LogP contribution in [0.1, 0.15) is 17.2 Å². The van der Waals surface area contributed by atoms with Crippen LogP contribution in [-0.4, -0.2) is 18.9 Å². The zero-order chi connectivity index (χ0) is 17.8. The van der Waals surface area contributed by atoms with Crippen molar-refractivity contribution in [1.82, 2.24) is 5.32 Å². The van der Waals surface area contributed by atoms with Crippen LogP contribution in [0.15, 0.2) is 59.2 Å². The first-order valence-electron chi connectivity index (χ1n) is 7.76. The molecule has 2 amide bonds. The van der Waals surface area contributed by atoms with Gasteiger partial charge in [0.25, 0.3) is 0 Å². The Kier molecular flexibility index (Phi) is 4.70. The molecule has 0 aliphatic carbocycles. The summed E-state index contributed by atoms with van der Waals surface area (Å²) in [5, 5.41) is 3.50. The van der Waals surface area contributed by atoms with Crippen LogP contribution < -0.4 is 15.8 Å². The van der Waals surface area contributed by atoms with Crippen molar-refractivity contribution in [3.8, 4) is 5.75 Å². The fourth-order valence-corrected chi connectivity index (χ4v) is 2.68. The normalized spacial score (nSPS) is 11.9. The predicted octanol–water partition coefficient (Wildman–Crippen LogP) is 2.33. The van der Waals surface area contributed by atoms with Gasteiger partial charge in [0.15, 0.2) is 0 Å². The summed E-state index contributed by atoms with van der Waals surface area (Å²) in [6.45, 7) is 0. The van der Waals surface area contributed by atoms with Crippen LogP contribution in [0.25, 0.3) is 11.0 Å². The van der Waals surface area contributed by atoms with Crippen molar-refractivity contribution in [3.63, 3.8) is 0 Å². The predicted molar refractivity (Wildman–Crippen MR) is 93.0 cm³/mol. The lowest BCUT2D eigenvalue weighted by molar-refractivity contribution is -0.127. The number of rotatable bonds is 6. The first-order valence-corrected chi connectivity index (χ1v) is 7.76. The molecule has 0 saturated heterocycles. The van der Waals surface area contributed by atoms with E-state index >= 15 is 0 Å². The van der Waals surface area contributed by atoms with Crippen LogP contribution in [-0.2, 0) is 16.0 Å². The van der Waals surface area contributed by atoms with Gasteiger partial charge >= 0.3 is 0 Å². The molecule has 0 bridgehead atoms. The quantitative estimate of drug-likeness (QED) is 0.721. The van der Waals surface area contributed by atoms with Crippen molar-refractivity contribution in [2.45, 2.75) is 12.5 Å². The second kappa shape index (κ2) is 7.09. The molecular weight excluding hydrogens is 320 g/mol. The molecule has 6 heteroatoms. The Labute approximate surface area is 144 Å². The third kappa shape index (κ3) is 3.63. The highest BCUT2D eigenvalue weighted by Crippen LogP contribution is 2.26. The number of fused-ring (bicyclic) bond motifs is 1. The molecule has 25 heavy (non-hydrogen) atoms. The lowest BCUT2D eigenvalue weighted by Crippen LogP contribution is -2.38. The fraction of sp³-hybridized carbons (Fsp3) is 0.158. The number of furan rings is 1. The molecule has 128 valence electrons. The van der Waals surface area contributed by atoms with Crippen LogP contribution in [0.2, 0.25) is 0 Å². The van der Waals surface area contributed by atoms with Gasteiger partial charge in [-0.3, -0.25) is 9.59 Å². The van der Waals surface area contributed by atoms with E-state index in [0.717, 1.165) is 10.9 Å². The Morgan fingerprint density at radius 1 is 1.20 bits per heavy atom. The van der Waals surface area contributed by atoms with E-state index in [0.29, 0.717) is 16.9 Å². The van der Waals surface area contributed by atoms with E-state index in [4.69, 9.17) is 14.9 Å². The van der Waals surface area contributed by atoms with E-state index in [9.17, 15) is 9.59 Å². The molecule has 1 heterocycles. The third-order valence-corrected chi connectivity index (χ3v) is 3.94. The molecule has 0 radical (unpaired) electrons. The Morgan fingerprint density at radius 3 is 2.64 bits per heavy atom. The fourth-order valence-electron chi connectivity index (χ4n) is 2.68. The number of hydrogen-bond donors (Lipinski definition) is 2. The van der Waals surface area contributed by atoms with E-state index in [1.807, 2.05) is 12.1 Å². The number of primary amides is 1. The molecule has 0 fully saturated rings. The summed E-state index contributed by atoms with van der Waals surface area (Å²) in [6, 6.07) is 13.4. The molecule has 0 spiro atoms. The molecule has 3 aromatic rings. The van der Waals surface area contributed by atoms with Crippen molar-refractivity contribution in [2.75, 3.05) is 7.11 Å². The van der Waals surface area contributed by atoms with Gasteiger partial charge in [0.1, 0.15) is 17.4 Å². The maximum absolute atomic E-state index is 12.4. The molecule has 3 rings (SSSR count). The first-order chi connectivity index (χ1) is 12.1. The Bertz CT molecular complexity index is 902. The number of methoxy groups -OCH3 is 1. The van der Waals surface area contributed by atoms with Gasteiger partial charge in [-0.25, -0.2) is 0 Å². The Morgan fingerprint density at radius 2 is 1.96 bits per heavy atom. The van der Waals surface area contributed by atoms with Crippen molar-refractivity contribution >= 4 is 22.8 Å². The van der Waals surface area contributed by atoms with E-state index in [2.05, 4.69) is 5.32 Å². The minimum atomic E-state index is -0.869. The Hall–Kier alpha value is -3.28. The van der Waals surface area contributed by atoms with Crippen LogP contribution in [0, 0.1) is 0 Å². The standard InChI is InChI=1S/C19H18N2O4/c1-24-14-7-8-15-13(11-25-16(15)10-14)9-17(22)21-18(19(20)23)12-5-3-2-4-6-12/h2-8,10-11,18H,9H2,1H3,(H2,20,23)(H,21,22). The van der Waals surface area contributed by atoms with Gasteiger partial charge in [0, 0.05) is 17.0 Å². The average Bonchev–Trinajstić information content (AvgIpc) is 3.02. The average molecular weight is 338 g/mol. The maximum Gasteiger partial charge on any atom is 0.244 e. The SMILES string of the molecule is COc1ccc2c(CC(=O)NC(C(N)=O)c3ccccc3)coc2c1. The summed E-state index contributed by atoms with van der Waals surface area (Å²) >= 11 is 0. The van der Waals surface area contributed by atoms with Gasteiger partial charge in [-0.05, 0) is 17.7 Å². The first kappa shape index (κ1) is 16.6. The van der Waals surface area contributed by atoms with E-state index in [1.165, 1.54) is 6.26 Å². The maximum atomic E-state index is 12.4. The number of benzene rings is 2. The zero-order valence-electron chi connectivity index (χ0n) is 13.7. The summed E-state index contributed by atoms with van der Waals surface area (Å²) in [7, 11) is 1.58. The van der Waals surface area contributed by atoms with Crippen molar-refractivity contribution in [1.29, 1.82) is 0 Å². The third-order valence-electron chi connectivity index (χ3n) is 3.94. The minimum absolute atomic E-state index is 0.0793. The molecule has 2 aromatic carbocycles. The molecule has 0 saturated carbocycles. The minimum Gasteiger partial charge on any atom is -0.497 e. The highest BCUT2D eigenvalue weighted by Gasteiger charge is 2.21. The molecule has 1 unspecified atom stereocenters. The molecule has 1 atom stereocenters. The van der Waals surface area contributed by atoms with Crippen molar-refractivity contribution in [2.24, 2.45) is 5.73 Å². The van der Waals surface area contributed by atoms with Crippen molar-refractivity contribution < 1.29 is 18.7 Å². The van der Waals surface area contributed by atoms with Gasteiger partial charge in [-0.1, -0.05) is 30.3 Å². The van der Waals surface area contributed by atoms with Gasteiger partial charge in [0.05, 0.1) is 19.8 Å². The van der Waals surface area contributed by atoms with Crippen LogP contribution in [0.4, 0.5) is 0 Å². The number of ether oxygens (including phenoxy) is 1. The summed E-state index contributed by atoms with van der Waals surface area (Å²) in [6.07, 6.45) is 1.61. The van der Waals surface area contributed by atoms with E-state index in [1.54, 1.807) is 43.5 Å². The highest BCUT2D eigenvalue weighted by molar-refractivity contribution is 5.91. The van der Waals surface area contributed by atoms with Gasteiger partial charge in [0.2, 0.25) is 11.8 Å². The van der Waals surface area contributed by atoms with E-state index < -0.39 is 11.9 Å². The summed E-state index contributed by atoms with van der Waals surface area (Å²) in [5.74, 6) is -0.247. The van der Waals surface area contributed by atoms with Gasteiger partial charge in [-0.15, -0.1) is 0 Å². The topological polar surface area (TPSA) is 94.6 Å². The number of hydrogen-bond acceptors (Lipinski definition) is 4. The van der Waals surface area contributed by atoms with Gasteiger partial charge < -0.3 is 20.2 Å². The van der Waals surface area contributed by atoms with E-state index in [-0.39, 0.29) is 12.3 Å². The lowest BCUT2D eigenvalue weighted by atomic mass is 10.1. The number of carbonyl (C=O) groups excluding carboxylic acids is 2. The second-order valence-corrected chi connectivity index (χ2v) is 5.61. The molecule has 1 aromatic heterocycles. The smallest absolute Gasteiger partial charge is 0.244 e. The molecule has 0 aliphatic rings. The zero-order valence-corrected chi connectivity index (χ0v) is 13.7. The summed E-state index contributed by atoms with van der Waals surface area (Å²) in [5.41, 5.74) is 7.43. The summed E-state index contributed by atoms with van der Waals surface area (Å²) in [4.78, 5) is 24.1. The molecule has 6 nitrogen and oxygen atoms in total. The Balaban J connectivity index is 1.76. The number of nitrogens with one attached hydrogen (secondary N) is 1. The largest absolute Gasteiger partial charge is 0.497 e. The van der Waals surface area contributed by atoms with Crippen LogP contribution >= 0.6 is 0 Å². The monoisotopic (exact) mass is 338 g/mol. The lowest BCUT2D eigenvalue weighted by Gasteiger charge is -2.15. The molecular formula is C19H18N2O4. The van der Waals surface area contributed by atoms with Gasteiger partial charge in [-0.2, -0.15) is 0 Å². The highest BCUT2D eigenvalue weighted by atomic mass is 16.5. The molecule has 3 N–H and O–H groups in total.